The van der Waals surface area contributed by atoms with Crippen molar-refractivity contribution in [2.45, 2.75) is 64.1 Å². The lowest BCUT2D eigenvalue weighted by Crippen LogP contribution is -2.44. The summed E-state index contributed by atoms with van der Waals surface area (Å²) < 4.78 is 7.64. The summed E-state index contributed by atoms with van der Waals surface area (Å²) in [6.07, 6.45) is 7.91. The number of aryl methyl sites for hydroxylation is 1. The molecule has 0 aromatic carbocycles. The minimum atomic E-state index is 0.0374. The van der Waals surface area contributed by atoms with E-state index in [4.69, 9.17) is 4.74 Å². The number of rotatable bonds is 5. The van der Waals surface area contributed by atoms with Gasteiger partial charge in [-0.2, -0.15) is 0 Å². The third-order valence-electron chi connectivity index (χ3n) is 5.31. The van der Waals surface area contributed by atoms with E-state index < -0.39 is 0 Å². The number of carbonyl (C=O) groups excluding carboxylic acids is 1. The minimum absolute atomic E-state index is 0.0374. The molecule has 1 aromatic rings. The molecule has 0 unspecified atom stereocenters. The van der Waals surface area contributed by atoms with Crippen LogP contribution in [-0.2, 0) is 24.2 Å². The molecule has 1 saturated heterocycles. The molecule has 7 nitrogen and oxygen atoms in total. The second-order valence-electron chi connectivity index (χ2n) is 7.27. The van der Waals surface area contributed by atoms with Crippen LogP contribution in [-0.4, -0.2) is 51.5 Å². The van der Waals surface area contributed by atoms with Crippen LogP contribution in [0.4, 0.5) is 4.79 Å². The fourth-order valence-electron chi connectivity index (χ4n) is 3.72. The van der Waals surface area contributed by atoms with Gasteiger partial charge < -0.3 is 19.5 Å². The zero-order valence-corrected chi connectivity index (χ0v) is 14.2. The first-order valence-corrected chi connectivity index (χ1v) is 9.34. The molecule has 1 aromatic heterocycles. The maximum absolute atomic E-state index is 12.7. The topological polar surface area (TPSA) is 72.3 Å². The molecule has 0 radical (unpaired) electrons. The molecule has 2 aliphatic heterocycles. The van der Waals surface area contributed by atoms with Crippen LogP contribution in [0.1, 0.15) is 50.2 Å². The molecule has 0 spiro atoms. The SMILES string of the molecule is O=C(NCc1nnc2n1CCCCC2)N(C[C@H]1CCOC1)C1CC1. The van der Waals surface area contributed by atoms with Gasteiger partial charge in [-0.3, -0.25) is 0 Å². The number of aromatic nitrogens is 3. The Hall–Kier alpha value is -1.63. The van der Waals surface area contributed by atoms with E-state index in [1.54, 1.807) is 0 Å². The summed E-state index contributed by atoms with van der Waals surface area (Å²) in [5.74, 6) is 2.44. The molecule has 1 saturated carbocycles. The molecule has 2 fully saturated rings. The van der Waals surface area contributed by atoms with Crippen LogP contribution in [0.25, 0.3) is 0 Å². The Bertz CT molecular complexity index is 578. The first-order chi connectivity index (χ1) is 11.8. The summed E-state index contributed by atoms with van der Waals surface area (Å²) in [5.41, 5.74) is 0. The van der Waals surface area contributed by atoms with E-state index in [9.17, 15) is 4.79 Å². The van der Waals surface area contributed by atoms with Crippen molar-refractivity contribution in [1.29, 1.82) is 0 Å². The van der Waals surface area contributed by atoms with E-state index in [1.807, 2.05) is 4.90 Å². The molecular weight excluding hydrogens is 306 g/mol. The first-order valence-electron chi connectivity index (χ1n) is 9.34. The van der Waals surface area contributed by atoms with Crippen molar-refractivity contribution < 1.29 is 9.53 Å². The van der Waals surface area contributed by atoms with Crippen LogP contribution >= 0.6 is 0 Å². The molecule has 1 atom stereocenters. The molecule has 4 rings (SSSR count). The van der Waals surface area contributed by atoms with E-state index in [0.29, 0.717) is 18.5 Å². The highest BCUT2D eigenvalue weighted by Gasteiger charge is 2.34. The van der Waals surface area contributed by atoms with Gasteiger partial charge in [0.2, 0.25) is 0 Å². The smallest absolute Gasteiger partial charge is 0.318 e. The number of nitrogens with zero attached hydrogens (tertiary/aromatic N) is 4. The highest BCUT2D eigenvalue weighted by atomic mass is 16.5. The van der Waals surface area contributed by atoms with Gasteiger partial charge in [-0.25, -0.2) is 4.79 Å². The third-order valence-corrected chi connectivity index (χ3v) is 5.31. The van der Waals surface area contributed by atoms with Crippen LogP contribution in [0.15, 0.2) is 0 Å². The monoisotopic (exact) mass is 333 g/mol. The molecule has 3 heterocycles. The standard InChI is InChI=1S/C17H27N5O2/c23-17(22(14-5-6-14)11-13-7-9-24-12-13)18-10-16-20-19-15-4-2-1-3-8-21(15)16/h13-14H,1-12H2,(H,18,23)/t13-/m1/s1. The van der Waals surface area contributed by atoms with Gasteiger partial charge in [0.1, 0.15) is 5.82 Å². The van der Waals surface area contributed by atoms with Gasteiger partial charge in [-0.05, 0) is 32.1 Å². The Balaban J connectivity index is 1.35. The maximum Gasteiger partial charge on any atom is 0.318 e. The fourth-order valence-corrected chi connectivity index (χ4v) is 3.72. The number of urea groups is 1. The predicted octanol–water partition coefficient (Wildman–Crippen LogP) is 1.71. The summed E-state index contributed by atoms with van der Waals surface area (Å²) in [5, 5.41) is 11.7. The minimum Gasteiger partial charge on any atom is -0.381 e. The number of nitrogens with one attached hydrogen (secondary N) is 1. The van der Waals surface area contributed by atoms with E-state index in [-0.39, 0.29) is 6.03 Å². The molecule has 3 aliphatic rings. The van der Waals surface area contributed by atoms with Crippen LogP contribution in [0.2, 0.25) is 0 Å². The van der Waals surface area contributed by atoms with Crippen molar-refractivity contribution in [1.82, 2.24) is 25.0 Å². The number of ether oxygens (including phenoxy) is 1. The average Bonchev–Trinajstić information content (AvgIpc) is 3.25. The number of hydrogen-bond donors (Lipinski definition) is 1. The molecule has 24 heavy (non-hydrogen) atoms. The number of fused-ring (bicyclic) bond motifs is 1. The number of hydrogen-bond acceptors (Lipinski definition) is 4. The lowest BCUT2D eigenvalue weighted by Gasteiger charge is -2.25. The van der Waals surface area contributed by atoms with Crippen molar-refractivity contribution in [2.24, 2.45) is 5.92 Å². The van der Waals surface area contributed by atoms with Gasteiger partial charge in [0.25, 0.3) is 0 Å². The van der Waals surface area contributed by atoms with Gasteiger partial charge in [0.05, 0.1) is 13.2 Å². The van der Waals surface area contributed by atoms with Crippen molar-refractivity contribution in [2.75, 3.05) is 19.8 Å². The van der Waals surface area contributed by atoms with Crippen molar-refractivity contribution in [3.8, 4) is 0 Å². The van der Waals surface area contributed by atoms with Crippen molar-refractivity contribution >= 4 is 6.03 Å². The molecule has 7 heteroatoms. The summed E-state index contributed by atoms with van der Waals surface area (Å²) in [7, 11) is 0. The molecule has 0 bridgehead atoms. The number of carbonyl (C=O) groups is 1. The Kier molecular flexibility index (Phi) is 4.69. The average molecular weight is 333 g/mol. The summed E-state index contributed by atoms with van der Waals surface area (Å²) in [6, 6.07) is 0.455. The lowest BCUT2D eigenvalue weighted by atomic mass is 10.1. The second kappa shape index (κ2) is 7.09. The van der Waals surface area contributed by atoms with Gasteiger partial charge in [0.15, 0.2) is 5.82 Å². The Morgan fingerprint density at radius 3 is 2.96 bits per heavy atom. The van der Waals surface area contributed by atoms with Gasteiger partial charge in [0, 0.05) is 38.1 Å². The normalized spacial score (nSPS) is 23.6. The largest absolute Gasteiger partial charge is 0.381 e. The first kappa shape index (κ1) is 15.9. The zero-order valence-electron chi connectivity index (χ0n) is 14.2. The molecule has 1 N–H and O–H groups in total. The second-order valence-corrected chi connectivity index (χ2v) is 7.27. The summed E-state index contributed by atoms with van der Waals surface area (Å²) in [4.78, 5) is 14.7. The van der Waals surface area contributed by atoms with E-state index in [2.05, 4.69) is 20.1 Å². The molecule has 2 amide bonds. The highest BCUT2D eigenvalue weighted by molar-refractivity contribution is 5.74. The van der Waals surface area contributed by atoms with Gasteiger partial charge in [-0.1, -0.05) is 6.42 Å². The molecule has 1 aliphatic carbocycles. The Labute approximate surface area is 142 Å². The van der Waals surface area contributed by atoms with Crippen LogP contribution in [0.3, 0.4) is 0 Å². The highest BCUT2D eigenvalue weighted by Crippen LogP contribution is 2.29. The van der Waals surface area contributed by atoms with Gasteiger partial charge in [-0.15, -0.1) is 10.2 Å². The van der Waals surface area contributed by atoms with Crippen LogP contribution in [0, 0.1) is 5.92 Å². The maximum atomic E-state index is 12.7. The van der Waals surface area contributed by atoms with Gasteiger partial charge >= 0.3 is 6.03 Å². The van der Waals surface area contributed by atoms with Crippen LogP contribution in [0.5, 0.6) is 0 Å². The summed E-state index contributed by atoms with van der Waals surface area (Å²) >= 11 is 0. The van der Waals surface area contributed by atoms with Crippen molar-refractivity contribution in [3.63, 3.8) is 0 Å². The lowest BCUT2D eigenvalue weighted by molar-refractivity contribution is 0.162. The number of amides is 2. The van der Waals surface area contributed by atoms with Crippen LogP contribution < -0.4 is 5.32 Å². The Morgan fingerprint density at radius 2 is 2.17 bits per heavy atom. The molecule has 132 valence electrons. The quantitative estimate of drug-likeness (QED) is 0.890. The predicted molar refractivity (Wildman–Crippen MR) is 88.5 cm³/mol. The van der Waals surface area contributed by atoms with E-state index in [1.165, 1.54) is 19.3 Å². The summed E-state index contributed by atoms with van der Waals surface area (Å²) in [6.45, 7) is 3.87. The Morgan fingerprint density at radius 1 is 1.25 bits per heavy atom. The van der Waals surface area contributed by atoms with E-state index >= 15 is 0 Å². The molecular formula is C17H27N5O2. The fraction of sp³-hybridized carbons (Fsp3) is 0.824. The van der Waals surface area contributed by atoms with Crippen molar-refractivity contribution in [3.05, 3.63) is 11.6 Å². The third kappa shape index (κ3) is 3.55. The zero-order chi connectivity index (χ0) is 16.4. The van der Waals surface area contributed by atoms with E-state index in [0.717, 1.165) is 63.6 Å².